The van der Waals surface area contributed by atoms with Gasteiger partial charge in [-0.1, -0.05) is 42.8 Å². The van der Waals surface area contributed by atoms with Gasteiger partial charge in [0, 0.05) is 19.8 Å². The summed E-state index contributed by atoms with van der Waals surface area (Å²) in [7, 11) is 1.78. The summed E-state index contributed by atoms with van der Waals surface area (Å²) in [6, 6.07) is 14.6. The second-order valence-corrected chi connectivity index (χ2v) is 5.44. The van der Waals surface area contributed by atoms with Crippen LogP contribution >= 0.6 is 0 Å². The molecule has 116 valence electrons. The third-order valence-electron chi connectivity index (χ3n) is 3.61. The number of nitrogens with zero attached hydrogens (tertiary/aromatic N) is 2. The van der Waals surface area contributed by atoms with Gasteiger partial charge in [0.05, 0.1) is 12.2 Å². The Kier molecular flexibility index (Phi) is 5.95. The van der Waals surface area contributed by atoms with Crippen LogP contribution in [0.1, 0.15) is 29.7 Å². The number of hydrogen-bond acceptors (Lipinski definition) is 2. The van der Waals surface area contributed by atoms with E-state index in [0.717, 1.165) is 18.2 Å². The average Bonchev–Trinajstić information content (AvgIpc) is 2.56. The molecule has 1 aromatic carbocycles. The van der Waals surface area contributed by atoms with Crippen molar-refractivity contribution in [2.45, 2.75) is 26.3 Å². The van der Waals surface area contributed by atoms with Crippen molar-refractivity contribution in [1.29, 1.82) is 0 Å². The minimum atomic E-state index is 0.425. The van der Waals surface area contributed by atoms with Crippen LogP contribution in [0, 0.1) is 6.92 Å². The molecule has 0 radical (unpaired) electrons. The number of aryl methyl sites for hydroxylation is 1. The summed E-state index contributed by atoms with van der Waals surface area (Å²) in [6.45, 7) is 5.82. The highest BCUT2D eigenvalue weighted by atomic mass is 15.2. The van der Waals surface area contributed by atoms with Gasteiger partial charge in [0.15, 0.2) is 5.96 Å². The van der Waals surface area contributed by atoms with E-state index in [4.69, 9.17) is 0 Å². The van der Waals surface area contributed by atoms with Crippen molar-refractivity contribution < 1.29 is 0 Å². The maximum absolute atomic E-state index is 4.29. The molecule has 0 spiro atoms. The SMILES string of the molecule is CN=C(NCc1ccccn1)NCC(C)c1ccc(C)cc1. The van der Waals surface area contributed by atoms with Gasteiger partial charge in [-0.3, -0.25) is 9.98 Å². The standard InChI is InChI=1S/C18H24N4/c1-14-7-9-16(10-8-14)15(2)12-21-18(19-3)22-13-17-6-4-5-11-20-17/h4-11,15H,12-13H2,1-3H3,(H2,19,21,22). The lowest BCUT2D eigenvalue weighted by atomic mass is 10.0. The molecular weight excluding hydrogens is 272 g/mol. The van der Waals surface area contributed by atoms with Crippen LogP contribution in [0.3, 0.4) is 0 Å². The van der Waals surface area contributed by atoms with Gasteiger partial charge in [-0.15, -0.1) is 0 Å². The van der Waals surface area contributed by atoms with Crippen LogP contribution in [0.5, 0.6) is 0 Å². The molecule has 0 saturated heterocycles. The van der Waals surface area contributed by atoms with Gasteiger partial charge >= 0.3 is 0 Å². The first-order valence-corrected chi connectivity index (χ1v) is 7.60. The zero-order chi connectivity index (χ0) is 15.8. The minimum absolute atomic E-state index is 0.425. The average molecular weight is 296 g/mol. The van der Waals surface area contributed by atoms with E-state index in [2.05, 4.69) is 58.7 Å². The highest BCUT2D eigenvalue weighted by Crippen LogP contribution is 2.14. The van der Waals surface area contributed by atoms with Gasteiger partial charge in [0.25, 0.3) is 0 Å². The zero-order valence-corrected chi connectivity index (χ0v) is 13.5. The van der Waals surface area contributed by atoms with Crippen LogP contribution in [0.4, 0.5) is 0 Å². The van der Waals surface area contributed by atoms with Crippen LogP contribution < -0.4 is 10.6 Å². The molecule has 22 heavy (non-hydrogen) atoms. The first-order valence-electron chi connectivity index (χ1n) is 7.60. The molecule has 4 heteroatoms. The normalized spacial score (nSPS) is 12.8. The molecule has 0 fully saturated rings. The molecule has 0 aliphatic rings. The maximum atomic E-state index is 4.29. The minimum Gasteiger partial charge on any atom is -0.356 e. The molecule has 1 aromatic heterocycles. The Morgan fingerprint density at radius 2 is 1.91 bits per heavy atom. The predicted octanol–water partition coefficient (Wildman–Crippen LogP) is 2.86. The molecule has 2 aromatic rings. The summed E-state index contributed by atoms with van der Waals surface area (Å²) in [5.41, 5.74) is 3.62. The second kappa shape index (κ2) is 8.17. The molecule has 0 aliphatic heterocycles. The fraction of sp³-hybridized carbons (Fsp3) is 0.333. The number of aliphatic imine (C=N–C) groups is 1. The van der Waals surface area contributed by atoms with Gasteiger partial charge < -0.3 is 10.6 Å². The fourth-order valence-corrected chi connectivity index (χ4v) is 2.16. The Balaban J connectivity index is 1.82. The van der Waals surface area contributed by atoms with Crippen molar-refractivity contribution in [2.24, 2.45) is 4.99 Å². The van der Waals surface area contributed by atoms with Crippen LogP contribution in [-0.4, -0.2) is 24.5 Å². The second-order valence-electron chi connectivity index (χ2n) is 5.44. The maximum Gasteiger partial charge on any atom is 0.191 e. The lowest BCUT2D eigenvalue weighted by molar-refractivity contribution is 0.696. The smallest absolute Gasteiger partial charge is 0.191 e. The van der Waals surface area contributed by atoms with Gasteiger partial charge in [-0.05, 0) is 30.5 Å². The summed E-state index contributed by atoms with van der Waals surface area (Å²) in [6.07, 6.45) is 1.80. The number of rotatable bonds is 5. The molecule has 1 unspecified atom stereocenters. The number of benzene rings is 1. The predicted molar refractivity (Wildman–Crippen MR) is 92.0 cm³/mol. The summed E-state index contributed by atoms with van der Waals surface area (Å²) in [5, 5.41) is 6.64. The van der Waals surface area contributed by atoms with Crippen LogP contribution in [0.25, 0.3) is 0 Å². The molecule has 0 amide bonds. The summed E-state index contributed by atoms with van der Waals surface area (Å²) in [4.78, 5) is 8.54. The highest BCUT2D eigenvalue weighted by molar-refractivity contribution is 5.79. The van der Waals surface area contributed by atoms with Crippen LogP contribution in [0.15, 0.2) is 53.7 Å². The lowest BCUT2D eigenvalue weighted by Crippen LogP contribution is -2.38. The number of hydrogen-bond donors (Lipinski definition) is 2. The Hall–Kier alpha value is -2.36. The fourth-order valence-electron chi connectivity index (χ4n) is 2.16. The number of aromatic nitrogens is 1. The van der Waals surface area contributed by atoms with E-state index in [-0.39, 0.29) is 0 Å². The largest absolute Gasteiger partial charge is 0.356 e. The topological polar surface area (TPSA) is 49.3 Å². The first kappa shape index (κ1) is 16.0. The lowest BCUT2D eigenvalue weighted by Gasteiger charge is -2.16. The van der Waals surface area contributed by atoms with Crippen molar-refractivity contribution in [3.8, 4) is 0 Å². The first-order chi connectivity index (χ1) is 10.7. The Morgan fingerprint density at radius 1 is 1.14 bits per heavy atom. The Morgan fingerprint density at radius 3 is 2.55 bits per heavy atom. The van der Waals surface area contributed by atoms with E-state index < -0.39 is 0 Å². The van der Waals surface area contributed by atoms with Gasteiger partial charge in [0.1, 0.15) is 0 Å². The zero-order valence-electron chi connectivity index (χ0n) is 13.5. The summed E-state index contributed by atoms with van der Waals surface area (Å²) >= 11 is 0. The highest BCUT2D eigenvalue weighted by Gasteiger charge is 2.06. The molecule has 2 rings (SSSR count). The third kappa shape index (κ3) is 4.88. The Bertz CT molecular complexity index is 590. The van der Waals surface area contributed by atoms with Crippen molar-refractivity contribution in [2.75, 3.05) is 13.6 Å². The van der Waals surface area contributed by atoms with Gasteiger partial charge in [-0.25, -0.2) is 0 Å². The molecular formula is C18H24N4. The van der Waals surface area contributed by atoms with E-state index in [1.54, 1.807) is 13.2 Å². The molecule has 0 bridgehead atoms. The number of pyridine rings is 1. The van der Waals surface area contributed by atoms with Gasteiger partial charge in [-0.2, -0.15) is 0 Å². The number of guanidine groups is 1. The van der Waals surface area contributed by atoms with Gasteiger partial charge in [0.2, 0.25) is 0 Å². The van der Waals surface area contributed by atoms with Crippen LogP contribution in [-0.2, 0) is 6.54 Å². The Labute approximate surface area is 132 Å². The van der Waals surface area contributed by atoms with E-state index in [9.17, 15) is 0 Å². The molecule has 0 saturated carbocycles. The van der Waals surface area contributed by atoms with Crippen molar-refractivity contribution >= 4 is 5.96 Å². The monoisotopic (exact) mass is 296 g/mol. The summed E-state index contributed by atoms with van der Waals surface area (Å²) < 4.78 is 0. The van der Waals surface area contributed by atoms with E-state index in [1.165, 1.54) is 11.1 Å². The van der Waals surface area contributed by atoms with E-state index in [1.807, 2.05) is 18.2 Å². The number of nitrogens with one attached hydrogen (secondary N) is 2. The van der Waals surface area contributed by atoms with Crippen molar-refractivity contribution in [1.82, 2.24) is 15.6 Å². The van der Waals surface area contributed by atoms with Crippen molar-refractivity contribution in [3.05, 3.63) is 65.5 Å². The summed E-state index contributed by atoms with van der Waals surface area (Å²) in [5.74, 6) is 1.22. The quantitative estimate of drug-likeness (QED) is 0.659. The van der Waals surface area contributed by atoms with Crippen molar-refractivity contribution in [3.63, 3.8) is 0 Å². The molecule has 0 aliphatic carbocycles. The molecule has 2 N–H and O–H groups in total. The molecule has 1 atom stereocenters. The van der Waals surface area contributed by atoms with E-state index in [0.29, 0.717) is 12.5 Å². The molecule has 1 heterocycles. The van der Waals surface area contributed by atoms with E-state index >= 15 is 0 Å². The van der Waals surface area contributed by atoms with Crippen LogP contribution in [0.2, 0.25) is 0 Å². The third-order valence-corrected chi connectivity index (χ3v) is 3.61. The molecule has 4 nitrogen and oxygen atoms in total.